The predicted molar refractivity (Wildman–Crippen MR) is 89.2 cm³/mol. The molecule has 0 spiro atoms. The number of hydrogen-bond donors (Lipinski definition) is 1. The van der Waals surface area contributed by atoms with Crippen molar-refractivity contribution < 1.29 is 4.79 Å². The average molecular weight is 396 g/mol. The van der Waals surface area contributed by atoms with E-state index in [2.05, 4.69) is 36.4 Å². The Morgan fingerprint density at radius 2 is 2.28 bits per heavy atom. The summed E-state index contributed by atoms with van der Waals surface area (Å²) in [6.07, 6.45) is 0.578. The first-order chi connectivity index (χ1) is 8.40. The van der Waals surface area contributed by atoms with Gasteiger partial charge in [0.1, 0.15) is 0 Å². The number of amides is 1. The molecular formula is C12H17IN2OS2. The van der Waals surface area contributed by atoms with Crippen LogP contribution in [0.1, 0.15) is 30.6 Å². The molecule has 0 aliphatic heterocycles. The van der Waals surface area contributed by atoms with E-state index in [0.717, 1.165) is 15.0 Å². The molecule has 0 fully saturated rings. The van der Waals surface area contributed by atoms with Crippen molar-refractivity contribution in [3.8, 4) is 0 Å². The van der Waals surface area contributed by atoms with Gasteiger partial charge in [-0.2, -0.15) is 0 Å². The van der Waals surface area contributed by atoms with Crippen molar-refractivity contribution in [2.45, 2.75) is 20.3 Å². The highest BCUT2D eigenvalue weighted by Crippen LogP contribution is 2.18. The van der Waals surface area contributed by atoms with Crippen LogP contribution in [0.2, 0.25) is 0 Å². The molecule has 0 aromatic carbocycles. The molecule has 0 bridgehead atoms. The lowest BCUT2D eigenvalue weighted by molar-refractivity contribution is 0.0741. The van der Waals surface area contributed by atoms with Crippen molar-refractivity contribution in [3.63, 3.8) is 0 Å². The van der Waals surface area contributed by atoms with E-state index in [9.17, 15) is 4.79 Å². The lowest BCUT2D eigenvalue weighted by Gasteiger charge is -2.24. The molecule has 0 aliphatic carbocycles. The molecule has 1 amide bonds. The van der Waals surface area contributed by atoms with Crippen LogP contribution in [0.5, 0.6) is 0 Å². The van der Waals surface area contributed by atoms with E-state index in [1.807, 2.05) is 16.3 Å². The monoisotopic (exact) mass is 396 g/mol. The quantitative estimate of drug-likeness (QED) is 0.594. The number of nitrogens with two attached hydrogens (primary N) is 1. The number of carbonyl (C=O) groups is 1. The molecule has 1 rings (SSSR count). The third-order valence-corrected chi connectivity index (χ3v) is 4.31. The van der Waals surface area contributed by atoms with Gasteiger partial charge in [0.25, 0.3) is 5.91 Å². The Balaban J connectivity index is 2.75. The van der Waals surface area contributed by atoms with Gasteiger partial charge in [0.15, 0.2) is 0 Å². The molecule has 0 unspecified atom stereocenters. The highest BCUT2D eigenvalue weighted by atomic mass is 127. The van der Waals surface area contributed by atoms with Crippen molar-refractivity contribution in [1.29, 1.82) is 0 Å². The van der Waals surface area contributed by atoms with Gasteiger partial charge < -0.3 is 10.6 Å². The molecule has 0 saturated heterocycles. The second-order valence-electron chi connectivity index (χ2n) is 4.50. The summed E-state index contributed by atoms with van der Waals surface area (Å²) < 4.78 is 1.12. The van der Waals surface area contributed by atoms with E-state index in [1.165, 1.54) is 0 Å². The van der Waals surface area contributed by atoms with Crippen LogP contribution in [0.4, 0.5) is 0 Å². The first kappa shape index (κ1) is 15.8. The number of nitrogens with zero attached hydrogens (tertiary/aromatic N) is 1. The first-order valence-corrected chi connectivity index (χ1v) is 8.08. The molecule has 1 aromatic heterocycles. The maximum Gasteiger partial charge on any atom is 0.254 e. The van der Waals surface area contributed by atoms with Gasteiger partial charge >= 0.3 is 0 Å². The zero-order valence-corrected chi connectivity index (χ0v) is 14.3. The Bertz CT molecular complexity index is 431. The Hall–Kier alpha value is -0.210. The van der Waals surface area contributed by atoms with Gasteiger partial charge in [-0.15, -0.1) is 11.3 Å². The molecular weight excluding hydrogens is 379 g/mol. The number of halogens is 1. The summed E-state index contributed by atoms with van der Waals surface area (Å²) in [5.74, 6) is 0.497. The van der Waals surface area contributed by atoms with Gasteiger partial charge in [-0.1, -0.05) is 26.1 Å². The summed E-state index contributed by atoms with van der Waals surface area (Å²) in [7, 11) is 0. The molecule has 1 heterocycles. The van der Waals surface area contributed by atoms with Gasteiger partial charge in [0, 0.05) is 24.9 Å². The maximum absolute atomic E-state index is 12.4. The SMILES string of the molecule is CC(C)CN(CCC(N)=S)C(=O)c1csc(I)c1. The van der Waals surface area contributed by atoms with Crippen molar-refractivity contribution in [3.05, 3.63) is 19.9 Å². The lowest BCUT2D eigenvalue weighted by atomic mass is 10.2. The summed E-state index contributed by atoms with van der Waals surface area (Å²) in [4.78, 5) is 14.6. The second kappa shape index (κ2) is 7.40. The van der Waals surface area contributed by atoms with Crippen LogP contribution in [0.25, 0.3) is 0 Å². The highest BCUT2D eigenvalue weighted by molar-refractivity contribution is 14.1. The fraction of sp³-hybridized carbons (Fsp3) is 0.500. The molecule has 6 heteroatoms. The minimum absolute atomic E-state index is 0.0686. The first-order valence-electron chi connectivity index (χ1n) is 5.71. The molecule has 0 saturated carbocycles. The van der Waals surface area contributed by atoms with Gasteiger partial charge in [-0.3, -0.25) is 4.79 Å². The van der Waals surface area contributed by atoms with Gasteiger partial charge in [0.2, 0.25) is 0 Å². The standard InChI is InChI=1S/C12H17IN2OS2/c1-8(2)6-15(4-3-11(14)17)12(16)9-5-10(13)18-7-9/h5,7-8H,3-4,6H2,1-2H3,(H2,14,17). The number of carbonyl (C=O) groups excluding carboxylic acids is 1. The normalized spacial score (nSPS) is 10.7. The molecule has 0 radical (unpaired) electrons. The highest BCUT2D eigenvalue weighted by Gasteiger charge is 2.18. The summed E-state index contributed by atoms with van der Waals surface area (Å²) in [6.45, 7) is 5.52. The number of thiocarbonyl (C=S) groups is 1. The van der Waals surface area contributed by atoms with Crippen LogP contribution in [0.15, 0.2) is 11.4 Å². The van der Waals surface area contributed by atoms with Crippen LogP contribution in [0, 0.1) is 8.80 Å². The van der Waals surface area contributed by atoms with Gasteiger partial charge in [0.05, 0.1) is 13.4 Å². The van der Waals surface area contributed by atoms with Gasteiger partial charge in [-0.05, 0) is 34.6 Å². The summed E-state index contributed by atoms with van der Waals surface area (Å²) in [5, 5.41) is 1.90. The molecule has 100 valence electrons. The summed E-state index contributed by atoms with van der Waals surface area (Å²) >= 11 is 8.68. The molecule has 18 heavy (non-hydrogen) atoms. The van der Waals surface area contributed by atoms with Crippen molar-refractivity contribution in [1.82, 2.24) is 4.90 Å². The van der Waals surface area contributed by atoms with E-state index in [4.69, 9.17) is 18.0 Å². The van der Waals surface area contributed by atoms with Crippen molar-refractivity contribution >= 4 is 57.0 Å². The minimum Gasteiger partial charge on any atom is -0.393 e. The third kappa shape index (κ3) is 5.19. The zero-order valence-electron chi connectivity index (χ0n) is 10.5. The topological polar surface area (TPSA) is 46.3 Å². The third-order valence-electron chi connectivity index (χ3n) is 2.32. The molecule has 2 N–H and O–H groups in total. The Morgan fingerprint density at radius 3 is 2.72 bits per heavy atom. The van der Waals surface area contributed by atoms with Crippen LogP contribution in [-0.2, 0) is 0 Å². The minimum atomic E-state index is 0.0686. The molecule has 1 aromatic rings. The van der Waals surface area contributed by atoms with E-state index in [-0.39, 0.29) is 5.91 Å². The summed E-state index contributed by atoms with van der Waals surface area (Å²) in [5.41, 5.74) is 6.27. The van der Waals surface area contributed by atoms with Gasteiger partial charge in [-0.25, -0.2) is 0 Å². The Kier molecular flexibility index (Phi) is 6.51. The number of hydrogen-bond acceptors (Lipinski definition) is 3. The summed E-state index contributed by atoms with van der Waals surface area (Å²) in [6, 6.07) is 1.92. The number of rotatable bonds is 6. The van der Waals surface area contributed by atoms with Crippen LogP contribution >= 0.6 is 46.1 Å². The molecule has 0 atom stereocenters. The second-order valence-corrected chi connectivity index (χ2v) is 7.83. The number of thiophene rings is 1. The Morgan fingerprint density at radius 1 is 1.61 bits per heavy atom. The maximum atomic E-state index is 12.4. The molecule has 3 nitrogen and oxygen atoms in total. The zero-order chi connectivity index (χ0) is 13.7. The van der Waals surface area contributed by atoms with E-state index >= 15 is 0 Å². The largest absolute Gasteiger partial charge is 0.393 e. The predicted octanol–water partition coefficient (Wildman–Crippen LogP) is 3.13. The average Bonchev–Trinajstić information content (AvgIpc) is 2.69. The van der Waals surface area contributed by atoms with E-state index in [1.54, 1.807) is 11.3 Å². The fourth-order valence-electron chi connectivity index (χ4n) is 1.57. The smallest absolute Gasteiger partial charge is 0.254 e. The Labute approximate surface area is 131 Å². The fourth-order valence-corrected chi connectivity index (χ4v) is 2.98. The van der Waals surface area contributed by atoms with Crippen LogP contribution in [-0.4, -0.2) is 28.9 Å². The molecule has 0 aliphatic rings. The van der Waals surface area contributed by atoms with Crippen LogP contribution in [0.3, 0.4) is 0 Å². The van der Waals surface area contributed by atoms with Crippen molar-refractivity contribution in [2.75, 3.05) is 13.1 Å². The van der Waals surface area contributed by atoms with Crippen molar-refractivity contribution in [2.24, 2.45) is 11.7 Å². The van der Waals surface area contributed by atoms with E-state index in [0.29, 0.717) is 23.9 Å². The van der Waals surface area contributed by atoms with Crippen LogP contribution < -0.4 is 5.73 Å². The van der Waals surface area contributed by atoms with E-state index < -0.39 is 0 Å². The lowest BCUT2D eigenvalue weighted by Crippen LogP contribution is -2.36.